The largest absolute Gasteiger partial charge is 0.481 e. The highest BCUT2D eigenvalue weighted by Gasteiger charge is 2.35. The number of aliphatic imine (C=N–C) groups is 1. The molecule has 0 saturated carbocycles. The van der Waals surface area contributed by atoms with Gasteiger partial charge in [-0.3, -0.25) is 14.8 Å². The highest BCUT2D eigenvalue weighted by atomic mass is 16.6. The molecule has 0 aliphatic carbocycles. The van der Waals surface area contributed by atoms with Gasteiger partial charge in [0.25, 0.3) is 0 Å². The number of carbonyl (C=O) groups is 1. The van der Waals surface area contributed by atoms with E-state index in [0.717, 1.165) is 68.1 Å². The highest BCUT2D eigenvalue weighted by Crippen LogP contribution is 2.27. The minimum absolute atomic E-state index is 0.125. The number of pyridine rings is 2. The summed E-state index contributed by atoms with van der Waals surface area (Å²) in [5.41, 5.74) is 2.79. The maximum Gasteiger partial charge on any atom is 0.415 e. The topological polar surface area (TPSA) is 83.4 Å². The van der Waals surface area contributed by atoms with Crippen molar-refractivity contribution in [2.45, 2.75) is 18.9 Å². The SMILES string of the molecule is COc1ccc2nccc(N3CCN(C[C@H]4CN(C5=NC=CCC5)C(=O)O4)CC3)c2n1. The summed E-state index contributed by atoms with van der Waals surface area (Å²) in [6.07, 6.45) is 6.91. The molecule has 2 aromatic heterocycles. The van der Waals surface area contributed by atoms with E-state index in [1.807, 2.05) is 30.5 Å². The molecule has 5 rings (SSSR count). The molecule has 2 saturated heterocycles. The minimum Gasteiger partial charge on any atom is -0.481 e. The summed E-state index contributed by atoms with van der Waals surface area (Å²) in [4.78, 5) is 32.1. The molecule has 0 radical (unpaired) electrons. The molecule has 9 heteroatoms. The molecule has 0 N–H and O–H groups in total. The number of allylic oxidation sites excluding steroid dienone is 1. The van der Waals surface area contributed by atoms with Crippen molar-refractivity contribution in [3.8, 4) is 5.88 Å². The number of carbonyl (C=O) groups excluding carboxylic acids is 1. The van der Waals surface area contributed by atoms with Crippen molar-refractivity contribution in [1.29, 1.82) is 0 Å². The third-order valence-electron chi connectivity index (χ3n) is 5.97. The van der Waals surface area contributed by atoms with Crippen molar-refractivity contribution in [3.05, 3.63) is 36.7 Å². The van der Waals surface area contributed by atoms with Crippen LogP contribution >= 0.6 is 0 Å². The van der Waals surface area contributed by atoms with Crippen LogP contribution in [0.1, 0.15) is 12.8 Å². The summed E-state index contributed by atoms with van der Waals surface area (Å²) in [5.74, 6) is 1.40. The van der Waals surface area contributed by atoms with Gasteiger partial charge in [0.15, 0.2) is 0 Å². The van der Waals surface area contributed by atoms with Crippen LogP contribution in [0.3, 0.4) is 0 Å². The number of piperazine rings is 1. The Morgan fingerprint density at radius 3 is 2.84 bits per heavy atom. The molecule has 1 amide bonds. The molecular formula is C22H26N6O3. The number of methoxy groups -OCH3 is 1. The number of hydrogen-bond acceptors (Lipinski definition) is 8. The van der Waals surface area contributed by atoms with E-state index in [1.165, 1.54) is 0 Å². The summed E-state index contributed by atoms with van der Waals surface area (Å²) in [6, 6.07) is 5.78. The molecule has 3 aliphatic rings. The van der Waals surface area contributed by atoms with Crippen LogP contribution in [-0.2, 0) is 4.74 Å². The van der Waals surface area contributed by atoms with E-state index in [1.54, 1.807) is 18.2 Å². The lowest BCUT2D eigenvalue weighted by molar-refractivity contribution is 0.105. The fourth-order valence-electron chi connectivity index (χ4n) is 4.34. The normalized spacial score (nSPS) is 22.0. The van der Waals surface area contributed by atoms with Crippen molar-refractivity contribution >= 4 is 28.6 Å². The number of cyclic esters (lactones) is 1. The van der Waals surface area contributed by atoms with Gasteiger partial charge in [0.1, 0.15) is 17.5 Å². The fourth-order valence-corrected chi connectivity index (χ4v) is 4.34. The number of amides is 1. The van der Waals surface area contributed by atoms with E-state index in [9.17, 15) is 4.79 Å². The van der Waals surface area contributed by atoms with Crippen molar-refractivity contribution in [1.82, 2.24) is 19.8 Å². The summed E-state index contributed by atoms with van der Waals surface area (Å²) in [6.45, 7) is 4.85. The molecule has 0 spiro atoms. The Morgan fingerprint density at radius 1 is 1.19 bits per heavy atom. The summed E-state index contributed by atoms with van der Waals surface area (Å²) < 4.78 is 10.9. The van der Waals surface area contributed by atoms with Gasteiger partial charge in [0.05, 0.1) is 24.9 Å². The van der Waals surface area contributed by atoms with E-state index >= 15 is 0 Å². The van der Waals surface area contributed by atoms with Crippen LogP contribution in [0.4, 0.5) is 10.5 Å². The monoisotopic (exact) mass is 422 g/mol. The zero-order valence-electron chi connectivity index (χ0n) is 17.6. The van der Waals surface area contributed by atoms with Crippen molar-refractivity contribution < 1.29 is 14.3 Å². The molecule has 1 atom stereocenters. The van der Waals surface area contributed by atoms with E-state index in [0.29, 0.717) is 12.4 Å². The summed E-state index contributed by atoms with van der Waals surface area (Å²) in [5, 5.41) is 0. The number of rotatable bonds is 4. The third kappa shape index (κ3) is 4.05. The van der Waals surface area contributed by atoms with E-state index in [2.05, 4.69) is 24.8 Å². The maximum absolute atomic E-state index is 12.3. The van der Waals surface area contributed by atoms with Gasteiger partial charge in [-0.15, -0.1) is 0 Å². The molecule has 5 heterocycles. The Bertz CT molecular complexity index is 1030. The number of hydrogen-bond donors (Lipinski definition) is 0. The second kappa shape index (κ2) is 8.50. The van der Waals surface area contributed by atoms with Crippen LogP contribution in [-0.4, -0.2) is 84.2 Å². The average Bonchev–Trinajstić information content (AvgIpc) is 3.19. The lowest BCUT2D eigenvalue weighted by Crippen LogP contribution is -2.49. The lowest BCUT2D eigenvalue weighted by Gasteiger charge is -2.36. The van der Waals surface area contributed by atoms with Gasteiger partial charge in [0.2, 0.25) is 5.88 Å². The summed E-state index contributed by atoms with van der Waals surface area (Å²) >= 11 is 0. The Morgan fingerprint density at radius 2 is 2.06 bits per heavy atom. The Hall–Kier alpha value is -3.20. The smallest absolute Gasteiger partial charge is 0.415 e. The standard InChI is InChI=1S/C22H26N6O3/c1-30-20-6-5-17-21(25-20)18(7-9-23-17)27-12-10-26(11-13-27)14-16-15-28(22(29)31-16)19-4-2-3-8-24-19/h3,5-9,16H,2,4,10-15H2,1H3/t16-/m0/s1. The molecule has 0 unspecified atom stereocenters. The van der Waals surface area contributed by atoms with Gasteiger partial charge in [-0.25, -0.2) is 14.8 Å². The van der Waals surface area contributed by atoms with Crippen LogP contribution in [0.5, 0.6) is 5.88 Å². The van der Waals surface area contributed by atoms with Gasteiger partial charge in [-0.1, -0.05) is 6.08 Å². The number of amidine groups is 1. The first kappa shape index (κ1) is 19.7. The molecule has 2 aromatic rings. The van der Waals surface area contributed by atoms with Gasteiger partial charge in [0, 0.05) is 57.6 Å². The minimum atomic E-state index is -0.277. The van der Waals surface area contributed by atoms with Crippen LogP contribution in [0.15, 0.2) is 41.7 Å². The molecule has 31 heavy (non-hydrogen) atoms. The number of anilines is 1. The van der Waals surface area contributed by atoms with Gasteiger partial charge < -0.3 is 14.4 Å². The maximum atomic E-state index is 12.3. The molecule has 162 valence electrons. The predicted molar refractivity (Wildman–Crippen MR) is 118 cm³/mol. The predicted octanol–water partition coefficient (Wildman–Crippen LogP) is 2.29. The Labute approximate surface area is 181 Å². The fraction of sp³-hybridized carbons (Fsp3) is 0.455. The third-order valence-corrected chi connectivity index (χ3v) is 5.97. The van der Waals surface area contributed by atoms with Crippen molar-refractivity contribution in [2.75, 3.05) is 51.3 Å². The molecule has 3 aliphatic heterocycles. The number of fused-ring (bicyclic) bond motifs is 1. The van der Waals surface area contributed by atoms with Crippen LogP contribution in [0.2, 0.25) is 0 Å². The van der Waals surface area contributed by atoms with E-state index in [4.69, 9.17) is 9.47 Å². The zero-order chi connectivity index (χ0) is 21.2. The van der Waals surface area contributed by atoms with E-state index in [-0.39, 0.29) is 12.2 Å². The van der Waals surface area contributed by atoms with Crippen LogP contribution in [0, 0.1) is 0 Å². The molecule has 0 aromatic carbocycles. The van der Waals surface area contributed by atoms with Gasteiger partial charge in [-0.2, -0.15) is 0 Å². The van der Waals surface area contributed by atoms with Crippen molar-refractivity contribution in [3.63, 3.8) is 0 Å². The van der Waals surface area contributed by atoms with Gasteiger partial charge >= 0.3 is 6.09 Å². The lowest BCUT2D eigenvalue weighted by atomic mass is 10.2. The molecular weight excluding hydrogens is 396 g/mol. The second-order valence-corrected chi connectivity index (χ2v) is 7.92. The van der Waals surface area contributed by atoms with Gasteiger partial charge in [-0.05, 0) is 18.6 Å². The Balaban J connectivity index is 1.21. The number of ether oxygens (including phenoxy) is 2. The first-order valence-electron chi connectivity index (χ1n) is 10.7. The first-order chi connectivity index (χ1) is 15.2. The summed E-state index contributed by atoms with van der Waals surface area (Å²) in [7, 11) is 1.62. The highest BCUT2D eigenvalue weighted by molar-refractivity contribution is 5.97. The van der Waals surface area contributed by atoms with E-state index < -0.39 is 0 Å². The molecule has 0 bridgehead atoms. The van der Waals surface area contributed by atoms with Crippen molar-refractivity contribution in [2.24, 2.45) is 4.99 Å². The molecule has 2 fully saturated rings. The first-order valence-corrected chi connectivity index (χ1v) is 10.7. The molecule has 9 nitrogen and oxygen atoms in total. The quantitative estimate of drug-likeness (QED) is 0.748. The second-order valence-electron chi connectivity index (χ2n) is 7.92. The zero-order valence-corrected chi connectivity index (χ0v) is 17.6. The van der Waals surface area contributed by atoms with Crippen LogP contribution in [0.25, 0.3) is 11.0 Å². The average molecular weight is 422 g/mol. The number of nitrogens with zero attached hydrogens (tertiary/aromatic N) is 6. The number of aromatic nitrogens is 2. The van der Waals surface area contributed by atoms with Crippen LogP contribution < -0.4 is 9.64 Å². The Kier molecular flexibility index (Phi) is 5.42.